The molecule has 102 valence electrons. The molecule has 0 aromatic carbocycles. The smallest absolute Gasteiger partial charge is 0.235 e. The molecule has 0 rings (SSSR count). The van der Waals surface area contributed by atoms with Crippen LogP contribution < -0.4 is 5.32 Å². The first kappa shape index (κ1) is 16.3. The fraction of sp³-hybridized carbons (Fsp3) is 0.900. The van der Waals surface area contributed by atoms with E-state index in [2.05, 4.69) is 5.32 Å². The molecule has 6 nitrogen and oxygen atoms in total. The molecule has 0 aliphatic rings. The Hall–Kier alpha value is -0.660. The number of ether oxygens (including phenoxy) is 1. The van der Waals surface area contributed by atoms with Crippen molar-refractivity contribution in [2.45, 2.75) is 19.8 Å². The van der Waals surface area contributed by atoms with Crippen molar-refractivity contribution in [1.29, 1.82) is 0 Å². The first-order chi connectivity index (χ1) is 7.91. The Morgan fingerprint density at radius 3 is 2.53 bits per heavy atom. The summed E-state index contributed by atoms with van der Waals surface area (Å²) < 4.78 is 28.7. The van der Waals surface area contributed by atoms with Gasteiger partial charge < -0.3 is 10.1 Å². The van der Waals surface area contributed by atoms with Gasteiger partial charge in [0.1, 0.15) is 0 Å². The van der Waals surface area contributed by atoms with E-state index in [9.17, 15) is 13.2 Å². The van der Waals surface area contributed by atoms with Crippen molar-refractivity contribution in [1.82, 2.24) is 9.62 Å². The Kier molecular flexibility index (Phi) is 8.11. The number of sulfonamides is 1. The van der Waals surface area contributed by atoms with E-state index in [1.807, 2.05) is 6.92 Å². The van der Waals surface area contributed by atoms with E-state index in [1.165, 1.54) is 7.11 Å². The SMILES string of the molecule is CCCCNC(=O)CN(CCOC)S(C)(=O)=O. The maximum absolute atomic E-state index is 11.5. The number of methoxy groups -OCH3 is 1. The zero-order valence-electron chi connectivity index (χ0n) is 10.7. The van der Waals surface area contributed by atoms with Crippen LogP contribution >= 0.6 is 0 Å². The van der Waals surface area contributed by atoms with Crippen molar-refractivity contribution in [3.8, 4) is 0 Å². The number of carbonyl (C=O) groups excluding carboxylic acids is 1. The average molecular weight is 266 g/mol. The van der Waals surface area contributed by atoms with Gasteiger partial charge in [-0.15, -0.1) is 0 Å². The summed E-state index contributed by atoms with van der Waals surface area (Å²) in [6.45, 7) is 2.92. The molecule has 0 saturated carbocycles. The van der Waals surface area contributed by atoms with Gasteiger partial charge in [0.2, 0.25) is 15.9 Å². The number of unbranched alkanes of at least 4 members (excludes halogenated alkanes) is 1. The van der Waals surface area contributed by atoms with E-state index in [4.69, 9.17) is 4.74 Å². The van der Waals surface area contributed by atoms with Crippen molar-refractivity contribution in [2.24, 2.45) is 0 Å². The lowest BCUT2D eigenvalue weighted by Crippen LogP contribution is -2.41. The van der Waals surface area contributed by atoms with E-state index in [0.29, 0.717) is 6.54 Å². The summed E-state index contributed by atoms with van der Waals surface area (Å²) in [5.41, 5.74) is 0. The molecule has 0 bridgehead atoms. The lowest BCUT2D eigenvalue weighted by Gasteiger charge is -2.18. The van der Waals surface area contributed by atoms with Gasteiger partial charge in [-0.05, 0) is 6.42 Å². The van der Waals surface area contributed by atoms with Crippen LogP contribution in [-0.4, -0.2) is 58.2 Å². The second-order valence-corrected chi connectivity index (χ2v) is 5.78. The number of nitrogens with one attached hydrogen (secondary N) is 1. The molecular weight excluding hydrogens is 244 g/mol. The van der Waals surface area contributed by atoms with Crippen LogP contribution in [0.4, 0.5) is 0 Å². The maximum Gasteiger partial charge on any atom is 0.235 e. The van der Waals surface area contributed by atoms with Crippen molar-refractivity contribution >= 4 is 15.9 Å². The number of rotatable bonds is 9. The van der Waals surface area contributed by atoms with E-state index < -0.39 is 10.0 Å². The molecule has 0 spiro atoms. The summed E-state index contributed by atoms with van der Waals surface area (Å²) in [5.74, 6) is -0.278. The van der Waals surface area contributed by atoms with Gasteiger partial charge in [-0.25, -0.2) is 8.42 Å². The number of carbonyl (C=O) groups is 1. The Morgan fingerprint density at radius 2 is 2.06 bits per heavy atom. The van der Waals surface area contributed by atoms with E-state index in [-0.39, 0.29) is 25.6 Å². The van der Waals surface area contributed by atoms with Crippen molar-refractivity contribution in [3.05, 3.63) is 0 Å². The maximum atomic E-state index is 11.5. The van der Waals surface area contributed by atoms with Gasteiger partial charge in [0.05, 0.1) is 19.4 Å². The lowest BCUT2D eigenvalue weighted by atomic mass is 10.3. The molecule has 0 aromatic rings. The molecule has 7 heteroatoms. The van der Waals surface area contributed by atoms with Gasteiger partial charge in [0, 0.05) is 20.2 Å². The molecule has 0 heterocycles. The van der Waals surface area contributed by atoms with Crippen LogP contribution in [0.2, 0.25) is 0 Å². The van der Waals surface area contributed by atoms with Gasteiger partial charge >= 0.3 is 0 Å². The molecule has 0 unspecified atom stereocenters. The Morgan fingerprint density at radius 1 is 1.41 bits per heavy atom. The minimum Gasteiger partial charge on any atom is -0.383 e. The fourth-order valence-corrected chi connectivity index (χ4v) is 1.93. The van der Waals surface area contributed by atoms with Gasteiger partial charge in [-0.1, -0.05) is 13.3 Å². The summed E-state index contributed by atoms with van der Waals surface area (Å²) in [6.07, 6.45) is 2.96. The average Bonchev–Trinajstić information content (AvgIpc) is 2.23. The van der Waals surface area contributed by atoms with Crippen molar-refractivity contribution in [2.75, 3.05) is 39.6 Å². The van der Waals surface area contributed by atoms with Crippen molar-refractivity contribution < 1.29 is 17.9 Å². The van der Waals surface area contributed by atoms with Crippen LogP contribution in [0, 0.1) is 0 Å². The Balaban J connectivity index is 4.19. The number of nitrogens with zero attached hydrogens (tertiary/aromatic N) is 1. The molecule has 0 atom stereocenters. The molecule has 0 radical (unpaired) electrons. The van der Waals surface area contributed by atoms with Crippen LogP contribution in [0.5, 0.6) is 0 Å². The van der Waals surface area contributed by atoms with E-state index >= 15 is 0 Å². The highest BCUT2D eigenvalue weighted by molar-refractivity contribution is 7.88. The molecule has 0 aliphatic carbocycles. The molecular formula is C10H22N2O4S. The number of amides is 1. The van der Waals surface area contributed by atoms with Crippen molar-refractivity contribution in [3.63, 3.8) is 0 Å². The zero-order chi connectivity index (χ0) is 13.3. The second kappa shape index (κ2) is 8.43. The zero-order valence-corrected chi connectivity index (χ0v) is 11.5. The molecule has 1 N–H and O–H groups in total. The summed E-state index contributed by atoms with van der Waals surface area (Å²) in [4.78, 5) is 11.5. The van der Waals surface area contributed by atoms with E-state index in [1.54, 1.807) is 0 Å². The molecule has 0 aromatic heterocycles. The summed E-state index contributed by atoms with van der Waals surface area (Å²) in [7, 11) is -1.88. The van der Waals surface area contributed by atoms with Crippen LogP contribution in [0.25, 0.3) is 0 Å². The van der Waals surface area contributed by atoms with Crippen LogP contribution in [-0.2, 0) is 19.6 Å². The predicted molar refractivity (Wildman–Crippen MR) is 66.2 cm³/mol. The third-order valence-corrected chi connectivity index (χ3v) is 3.44. The largest absolute Gasteiger partial charge is 0.383 e. The van der Waals surface area contributed by atoms with Crippen LogP contribution in [0.1, 0.15) is 19.8 Å². The molecule has 0 saturated heterocycles. The second-order valence-electron chi connectivity index (χ2n) is 3.79. The third-order valence-electron chi connectivity index (χ3n) is 2.19. The minimum atomic E-state index is -3.37. The highest BCUT2D eigenvalue weighted by Crippen LogP contribution is 1.97. The Labute approximate surface area is 103 Å². The minimum absolute atomic E-state index is 0.147. The Bertz CT molecular complexity index is 316. The summed E-state index contributed by atoms with van der Waals surface area (Å²) in [6, 6.07) is 0. The van der Waals surface area contributed by atoms with E-state index in [0.717, 1.165) is 23.4 Å². The van der Waals surface area contributed by atoms with Gasteiger partial charge in [-0.2, -0.15) is 4.31 Å². The first-order valence-corrected chi connectivity index (χ1v) is 7.47. The van der Waals surface area contributed by atoms with Crippen LogP contribution in [0.15, 0.2) is 0 Å². The number of hydrogen-bond donors (Lipinski definition) is 1. The normalized spacial score (nSPS) is 11.8. The standard InChI is InChI=1S/C10H22N2O4S/c1-4-5-6-11-10(13)9-12(7-8-16-2)17(3,14)15/h4-9H2,1-3H3,(H,11,13). The highest BCUT2D eigenvalue weighted by Gasteiger charge is 2.19. The highest BCUT2D eigenvalue weighted by atomic mass is 32.2. The molecule has 17 heavy (non-hydrogen) atoms. The molecule has 1 amide bonds. The number of hydrogen-bond acceptors (Lipinski definition) is 4. The van der Waals surface area contributed by atoms with Gasteiger partial charge in [0.15, 0.2) is 0 Å². The summed E-state index contributed by atoms with van der Waals surface area (Å²) in [5, 5.41) is 2.68. The van der Waals surface area contributed by atoms with Gasteiger partial charge in [0.25, 0.3) is 0 Å². The monoisotopic (exact) mass is 266 g/mol. The summed E-state index contributed by atoms with van der Waals surface area (Å²) >= 11 is 0. The lowest BCUT2D eigenvalue weighted by molar-refractivity contribution is -0.121. The predicted octanol–water partition coefficient (Wildman–Crippen LogP) is -0.189. The fourth-order valence-electron chi connectivity index (χ4n) is 1.18. The molecule has 0 aliphatic heterocycles. The third kappa shape index (κ3) is 8.12. The van der Waals surface area contributed by atoms with Gasteiger partial charge in [-0.3, -0.25) is 4.79 Å². The molecule has 0 fully saturated rings. The van der Waals surface area contributed by atoms with Crippen LogP contribution in [0.3, 0.4) is 0 Å². The topological polar surface area (TPSA) is 75.7 Å². The first-order valence-electron chi connectivity index (χ1n) is 5.62. The quantitative estimate of drug-likeness (QED) is 0.587.